The van der Waals surface area contributed by atoms with E-state index in [4.69, 9.17) is 5.73 Å². The summed E-state index contributed by atoms with van der Waals surface area (Å²) >= 11 is 0. The second-order valence-electron chi connectivity index (χ2n) is 14.6. The summed E-state index contributed by atoms with van der Waals surface area (Å²) in [7, 11) is 0. The van der Waals surface area contributed by atoms with E-state index in [2.05, 4.69) is 0 Å². The minimum Gasteiger partial charge on any atom is -0.399 e. The molecule has 7 heteroatoms. The van der Waals surface area contributed by atoms with Crippen molar-refractivity contribution in [3.05, 3.63) is 158 Å². The van der Waals surface area contributed by atoms with Gasteiger partial charge in [0.05, 0.1) is 33.6 Å². The molecular formula is C47H39N3O4. The van der Waals surface area contributed by atoms with Crippen LogP contribution in [0.25, 0.3) is 33.4 Å². The maximum absolute atomic E-state index is 14.0. The van der Waals surface area contributed by atoms with E-state index < -0.39 is 0 Å². The van der Waals surface area contributed by atoms with E-state index in [0.717, 1.165) is 72.3 Å². The molecule has 2 aliphatic rings. The molecule has 8 rings (SSSR count). The first kappa shape index (κ1) is 34.5. The molecule has 0 bridgehead atoms. The molecular weight excluding hydrogens is 671 g/mol. The zero-order valence-corrected chi connectivity index (χ0v) is 31.3. The van der Waals surface area contributed by atoms with Gasteiger partial charge in [-0.15, -0.1) is 0 Å². The van der Waals surface area contributed by atoms with Crippen molar-refractivity contribution in [2.24, 2.45) is 0 Å². The van der Waals surface area contributed by atoms with Gasteiger partial charge in [0.2, 0.25) is 0 Å². The number of benzene rings is 6. The molecule has 4 amide bonds. The van der Waals surface area contributed by atoms with Crippen molar-refractivity contribution in [1.82, 2.24) is 0 Å². The minimum absolute atomic E-state index is 0.336. The maximum Gasteiger partial charge on any atom is 0.266 e. The predicted molar refractivity (Wildman–Crippen MR) is 215 cm³/mol. The van der Waals surface area contributed by atoms with Gasteiger partial charge in [-0.2, -0.15) is 0 Å². The molecule has 6 aromatic carbocycles. The van der Waals surface area contributed by atoms with Crippen LogP contribution in [0.2, 0.25) is 0 Å². The standard InChI is InChI=1S/C47H39N3O4/c1-24-8-10-31(11-9-24)33-14-18-36-40(22-33)46(53)49(44(36)51)42-25(2)20-38(27(4)29(42)6)39-21-26(3)43(30(7)28(39)5)50-45(52)37-19-15-34(23-41(37)47(50)54)32-12-16-35(48)17-13-32/h8-23H,48H2,1-7H3. The molecule has 54 heavy (non-hydrogen) atoms. The maximum atomic E-state index is 14.0. The van der Waals surface area contributed by atoms with E-state index >= 15 is 0 Å². The average molecular weight is 710 g/mol. The molecule has 7 nitrogen and oxygen atoms in total. The molecule has 0 fully saturated rings. The summed E-state index contributed by atoms with van der Waals surface area (Å²) in [5.74, 6) is -1.38. The molecule has 266 valence electrons. The fraction of sp³-hybridized carbons (Fsp3) is 0.149. The van der Waals surface area contributed by atoms with Gasteiger partial charge in [0.1, 0.15) is 0 Å². The van der Waals surface area contributed by atoms with Crippen LogP contribution in [0, 0.1) is 48.5 Å². The number of hydrogen-bond donors (Lipinski definition) is 1. The number of aryl methyl sites for hydroxylation is 3. The van der Waals surface area contributed by atoms with Crippen molar-refractivity contribution in [1.29, 1.82) is 0 Å². The zero-order valence-electron chi connectivity index (χ0n) is 31.3. The first-order valence-corrected chi connectivity index (χ1v) is 18.0. The molecule has 0 unspecified atom stereocenters. The van der Waals surface area contributed by atoms with Gasteiger partial charge in [0.25, 0.3) is 23.6 Å². The van der Waals surface area contributed by atoms with E-state index in [1.165, 1.54) is 9.80 Å². The van der Waals surface area contributed by atoms with Crippen LogP contribution in [0.4, 0.5) is 17.1 Å². The molecule has 2 aliphatic heterocycles. The minimum atomic E-state index is -0.357. The van der Waals surface area contributed by atoms with Gasteiger partial charge < -0.3 is 5.73 Å². The lowest BCUT2D eigenvalue weighted by molar-refractivity contribution is 0.0910. The third-order valence-electron chi connectivity index (χ3n) is 11.3. The summed E-state index contributed by atoms with van der Waals surface area (Å²) in [5, 5.41) is 0. The van der Waals surface area contributed by atoms with Crippen LogP contribution in [0.3, 0.4) is 0 Å². The topological polar surface area (TPSA) is 101 Å². The Morgan fingerprint density at radius 3 is 1.13 bits per heavy atom. The average Bonchev–Trinajstić information content (AvgIpc) is 3.55. The van der Waals surface area contributed by atoms with E-state index in [0.29, 0.717) is 39.3 Å². The third-order valence-corrected chi connectivity index (χ3v) is 11.3. The van der Waals surface area contributed by atoms with E-state index in [9.17, 15) is 19.2 Å². The first-order chi connectivity index (χ1) is 25.8. The Hall–Kier alpha value is -6.60. The summed E-state index contributed by atoms with van der Waals surface area (Å²) in [6.45, 7) is 13.8. The lowest BCUT2D eigenvalue weighted by Gasteiger charge is -2.26. The molecule has 0 atom stereocenters. The Balaban J connectivity index is 1.14. The van der Waals surface area contributed by atoms with E-state index in [1.54, 1.807) is 18.2 Å². The predicted octanol–water partition coefficient (Wildman–Crippen LogP) is 10.0. The number of carbonyl (C=O) groups excluding carboxylic acids is 4. The Morgan fingerprint density at radius 1 is 0.370 bits per heavy atom. The van der Waals surface area contributed by atoms with Crippen LogP contribution < -0.4 is 15.5 Å². The summed E-state index contributed by atoms with van der Waals surface area (Å²) < 4.78 is 0. The second kappa shape index (κ2) is 12.5. The van der Waals surface area contributed by atoms with Gasteiger partial charge in [-0.05, 0) is 164 Å². The van der Waals surface area contributed by atoms with Gasteiger partial charge in [0.15, 0.2) is 0 Å². The Labute approximate surface area is 314 Å². The Morgan fingerprint density at radius 2 is 0.722 bits per heavy atom. The number of rotatable bonds is 5. The third kappa shape index (κ3) is 5.18. The number of hydrogen-bond acceptors (Lipinski definition) is 5. The fourth-order valence-electron chi connectivity index (χ4n) is 8.05. The van der Waals surface area contributed by atoms with Crippen LogP contribution >= 0.6 is 0 Å². The number of nitrogens with two attached hydrogens (primary N) is 1. The van der Waals surface area contributed by atoms with E-state index in [1.807, 2.05) is 127 Å². The van der Waals surface area contributed by atoms with Crippen LogP contribution in [-0.4, -0.2) is 23.6 Å². The highest BCUT2D eigenvalue weighted by molar-refractivity contribution is 6.36. The van der Waals surface area contributed by atoms with Gasteiger partial charge in [-0.1, -0.05) is 54.1 Å². The van der Waals surface area contributed by atoms with Crippen molar-refractivity contribution >= 4 is 40.7 Å². The highest BCUT2D eigenvalue weighted by Gasteiger charge is 2.40. The monoisotopic (exact) mass is 709 g/mol. The molecule has 2 heterocycles. The summed E-state index contributed by atoms with van der Waals surface area (Å²) in [5.41, 5.74) is 20.9. The molecule has 6 aromatic rings. The number of imide groups is 2. The molecule has 2 N–H and O–H groups in total. The number of carbonyl (C=O) groups is 4. The number of nitrogen functional groups attached to an aromatic ring is 1. The van der Waals surface area contributed by atoms with Crippen molar-refractivity contribution in [3.63, 3.8) is 0 Å². The number of anilines is 3. The number of amides is 4. The van der Waals surface area contributed by atoms with Crippen molar-refractivity contribution < 1.29 is 19.2 Å². The van der Waals surface area contributed by atoms with Crippen molar-refractivity contribution in [2.45, 2.75) is 48.5 Å². The quantitative estimate of drug-likeness (QED) is 0.142. The molecule has 0 spiro atoms. The van der Waals surface area contributed by atoms with Crippen molar-refractivity contribution in [3.8, 4) is 33.4 Å². The summed E-state index contributed by atoms with van der Waals surface area (Å²) in [6, 6.07) is 30.4. The second-order valence-corrected chi connectivity index (χ2v) is 14.6. The SMILES string of the molecule is Cc1ccc(-c2ccc3c(c2)C(=O)N(c2c(C)cc(-c4cc(C)c(N5C(=O)c6ccc(-c7ccc(N)cc7)cc6C5=O)c(C)c4C)c(C)c2C)C3=O)cc1. The molecule has 0 aliphatic carbocycles. The van der Waals surface area contributed by atoms with Gasteiger partial charge in [-0.3, -0.25) is 19.2 Å². The molecule has 0 aromatic heterocycles. The highest BCUT2D eigenvalue weighted by Crippen LogP contribution is 2.44. The molecule has 0 saturated heterocycles. The van der Waals surface area contributed by atoms with Gasteiger partial charge >= 0.3 is 0 Å². The molecule has 0 radical (unpaired) electrons. The van der Waals surface area contributed by atoms with Crippen LogP contribution in [-0.2, 0) is 0 Å². The summed E-state index contributed by atoms with van der Waals surface area (Å²) in [4.78, 5) is 58.3. The van der Waals surface area contributed by atoms with Crippen LogP contribution in [0.1, 0.15) is 80.4 Å². The fourth-order valence-corrected chi connectivity index (χ4v) is 8.05. The Bertz CT molecular complexity index is 2470. The number of nitrogens with zero attached hydrogens (tertiary/aromatic N) is 2. The summed E-state index contributed by atoms with van der Waals surface area (Å²) in [6.07, 6.45) is 0. The first-order valence-electron chi connectivity index (χ1n) is 18.0. The lowest BCUT2D eigenvalue weighted by atomic mass is 9.87. The normalized spacial score (nSPS) is 13.6. The van der Waals surface area contributed by atoms with E-state index in [-0.39, 0.29) is 23.6 Å². The van der Waals surface area contributed by atoms with Crippen molar-refractivity contribution in [2.75, 3.05) is 15.5 Å². The van der Waals surface area contributed by atoms with Crippen LogP contribution in [0.5, 0.6) is 0 Å². The lowest BCUT2D eigenvalue weighted by Crippen LogP contribution is -2.31. The highest BCUT2D eigenvalue weighted by atomic mass is 16.2. The van der Waals surface area contributed by atoms with Crippen LogP contribution in [0.15, 0.2) is 97.1 Å². The largest absolute Gasteiger partial charge is 0.399 e. The van der Waals surface area contributed by atoms with Gasteiger partial charge in [0, 0.05) is 5.69 Å². The van der Waals surface area contributed by atoms with Gasteiger partial charge in [-0.25, -0.2) is 9.80 Å². The number of fused-ring (bicyclic) bond motifs is 2. The smallest absolute Gasteiger partial charge is 0.266 e. The zero-order chi connectivity index (χ0) is 38.3. The molecule has 0 saturated carbocycles. The Kier molecular flexibility index (Phi) is 8.00.